The summed E-state index contributed by atoms with van der Waals surface area (Å²) in [5, 5.41) is 16.1. The molecule has 1 heterocycles. The fraction of sp³-hybridized carbons (Fsp3) is 0.375. The first-order chi connectivity index (χ1) is 11.6. The molecule has 1 fully saturated rings. The summed E-state index contributed by atoms with van der Waals surface area (Å²) in [5.74, 6) is -0.545. The number of carbonyl (C=O) groups excluding carboxylic acids is 1. The van der Waals surface area contributed by atoms with Crippen LogP contribution < -0.4 is 4.74 Å². The first kappa shape index (κ1) is 16.0. The van der Waals surface area contributed by atoms with Crippen molar-refractivity contribution in [2.45, 2.75) is 32.0 Å². The first-order valence-electron chi connectivity index (χ1n) is 7.63. The number of hydrogen-bond acceptors (Lipinski definition) is 5. The van der Waals surface area contributed by atoms with Crippen molar-refractivity contribution >= 4 is 11.9 Å². The molecule has 0 radical (unpaired) electrons. The number of para-hydroxylation sites is 1. The molecule has 1 amide bonds. The second-order valence-electron chi connectivity index (χ2n) is 5.67. The third kappa shape index (κ3) is 3.53. The predicted molar refractivity (Wildman–Crippen MR) is 83.5 cm³/mol. The van der Waals surface area contributed by atoms with Gasteiger partial charge in [0.1, 0.15) is 12.3 Å². The van der Waals surface area contributed by atoms with Crippen LogP contribution in [0.3, 0.4) is 0 Å². The number of aromatic carboxylic acids is 1. The number of hydrogen-bond donors (Lipinski definition) is 1. The molecule has 2 aromatic rings. The maximum Gasteiger partial charge on any atom is 0.358 e. The minimum absolute atomic E-state index is 0.0358. The maximum atomic E-state index is 12.6. The van der Waals surface area contributed by atoms with Gasteiger partial charge in [-0.1, -0.05) is 23.4 Å². The molecule has 0 aliphatic heterocycles. The third-order valence-corrected chi connectivity index (χ3v) is 3.90. The topological polar surface area (TPSA) is 97.5 Å². The summed E-state index contributed by atoms with van der Waals surface area (Å²) < 4.78 is 6.60. The number of rotatable bonds is 7. The molecule has 24 heavy (non-hydrogen) atoms. The van der Waals surface area contributed by atoms with Crippen molar-refractivity contribution < 1.29 is 19.4 Å². The van der Waals surface area contributed by atoms with Crippen molar-refractivity contribution in [3.63, 3.8) is 0 Å². The van der Waals surface area contributed by atoms with Gasteiger partial charge in [-0.2, -0.15) is 0 Å². The molecule has 3 rings (SSSR count). The Balaban J connectivity index is 1.73. The Hall–Kier alpha value is -2.90. The van der Waals surface area contributed by atoms with Crippen LogP contribution >= 0.6 is 0 Å². The van der Waals surface area contributed by atoms with Crippen LogP contribution in [0.1, 0.15) is 28.9 Å². The molecule has 1 aliphatic rings. The van der Waals surface area contributed by atoms with Crippen LogP contribution in [-0.4, -0.2) is 50.0 Å². The molecule has 1 aliphatic carbocycles. The lowest BCUT2D eigenvalue weighted by molar-refractivity contribution is -0.133. The summed E-state index contributed by atoms with van der Waals surface area (Å²) in [6, 6.07) is 7.80. The molecule has 8 nitrogen and oxygen atoms in total. The summed E-state index contributed by atoms with van der Waals surface area (Å²) in [4.78, 5) is 25.3. The van der Waals surface area contributed by atoms with Crippen LogP contribution in [-0.2, 0) is 17.9 Å². The Labute approximate surface area is 138 Å². The minimum Gasteiger partial charge on any atom is -0.496 e. The van der Waals surface area contributed by atoms with Crippen LogP contribution in [0, 0.1) is 0 Å². The van der Waals surface area contributed by atoms with Gasteiger partial charge in [0, 0.05) is 18.2 Å². The zero-order chi connectivity index (χ0) is 17.1. The minimum atomic E-state index is -1.17. The lowest BCUT2D eigenvalue weighted by atomic mass is 10.2. The number of nitrogens with zero attached hydrogens (tertiary/aromatic N) is 4. The zero-order valence-electron chi connectivity index (χ0n) is 13.3. The quantitative estimate of drug-likeness (QED) is 0.818. The molecule has 1 aromatic heterocycles. The van der Waals surface area contributed by atoms with Crippen LogP contribution in [0.5, 0.6) is 5.75 Å². The highest BCUT2D eigenvalue weighted by Gasteiger charge is 2.33. The van der Waals surface area contributed by atoms with E-state index in [4.69, 9.17) is 9.84 Å². The molecule has 1 aromatic carbocycles. The van der Waals surface area contributed by atoms with E-state index in [1.54, 1.807) is 12.0 Å². The highest BCUT2D eigenvalue weighted by molar-refractivity contribution is 5.84. The molecule has 126 valence electrons. The second kappa shape index (κ2) is 6.69. The lowest BCUT2D eigenvalue weighted by Gasteiger charge is -2.23. The summed E-state index contributed by atoms with van der Waals surface area (Å²) >= 11 is 0. The van der Waals surface area contributed by atoms with Crippen LogP contribution in [0.25, 0.3) is 0 Å². The molecular formula is C16H18N4O4. The monoisotopic (exact) mass is 330 g/mol. The Morgan fingerprint density at radius 1 is 1.38 bits per heavy atom. The molecular weight excluding hydrogens is 312 g/mol. The number of aromatic nitrogens is 3. The fourth-order valence-electron chi connectivity index (χ4n) is 2.53. The van der Waals surface area contributed by atoms with Crippen LogP contribution in [0.2, 0.25) is 0 Å². The maximum absolute atomic E-state index is 12.6. The Kier molecular flexibility index (Phi) is 4.45. The van der Waals surface area contributed by atoms with Gasteiger partial charge >= 0.3 is 5.97 Å². The van der Waals surface area contributed by atoms with E-state index in [0.717, 1.165) is 24.2 Å². The van der Waals surface area contributed by atoms with Gasteiger partial charge in [-0.3, -0.25) is 4.79 Å². The largest absolute Gasteiger partial charge is 0.496 e. The average Bonchev–Trinajstić information content (AvgIpc) is 3.30. The van der Waals surface area contributed by atoms with Gasteiger partial charge in [0.15, 0.2) is 5.69 Å². The van der Waals surface area contributed by atoms with Gasteiger partial charge in [0.05, 0.1) is 13.3 Å². The molecule has 0 spiro atoms. The number of benzene rings is 1. The van der Waals surface area contributed by atoms with E-state index in [0.29, 0.717) is 6.54 Å². The molecule has 8 heteroatoms. The van der Waals surface area contributed by atoms with Gasteiger partial charge in [-0.15, -0.1) is 5.10 Å². The first-order valence-corrected chi connectivity index (χ1v) is 7.63. The number of carboxylic acids is 1. The molecule has 0 saturated heterocycles. The van der Waals surface area contributed by atoms with Crippen molar-refractivity contribution in [1.82, 2.24) is 19.9 Å². The van der Waals surface area contributed by atoms with Crippen molar-refractivity contribution in [2.75, 3.05) is 7.11 Å². The Bertz CT molecular complexity index is 754. The number of carboxylic acid groups (broad SMARTS) is 1. The molecule has 1 N–H and O–H groups in total. The normalized spacial score (nSPS) is 13.5. The van der Waals surface area contributed by atoms with Gasteiger partial charge in [-0.05, 0) is 18.9 Å². The standard InChI is InChI=1S/C16H18N4O4/c1-24-14-5-3-2-4-11(14)8-20(12-6-7-12)15(21)10-19-9-13(16(22)23)17-18-19/h2-5,9,12H,6-8,10H2,1H3,(H,22,23). The van der Waals surface area contributed by atoms with Gasteiger partial charge in [-0.25, -0.2) is 9.48 Å². The third-order valence-electron chi connectivity index (χ3n) is 3.90. The Morgan fingerprint density at radius 2 is 2.12 bits per heavy atom. The van der Waals surface area contributed by atoms with E-state index < -0.39 is 5.97 Å². The lowest BCUT2D eigenvalue weighted by Crippen LogP contribution is -2.35. The van der Waals surface area contributed by atoms with Crippen molar-refractivity contribution in [3.8, 4) is 5.75 Å². The smallest absolute Gasteiger partial charge is 0.358 e. The summed E-state index contributed by atoms with van der Waals surface area (Å²) in [6.07, 6.45) is 3.20. The van der Waals surface area contributed by atoms with Crippen molar-refractivity contribution in [2.24, 2.45) is 0 Å². The molecule has 0 bridgehead atoms. The number of carbonyl (C=O) groups is 2. The summed E-state index contributed by atoms with van der Waals surface area (Å²) in [7, 11) is 1.60. The molecule has 0 atom stereocenters. The molecule has 1 saturated carbocycles. The summed E-state index contributed by atoms with van der Waals surface area (Å²) in [5.41, 5.74) is 0.760. The predicted octanol–water partition coefficient (Wildman–Crippen LogP) is 1.18. The zero-order valence-corrected chi connectivity index (χ0v) is 13.3. The van der Waals surface area contributed by atoms with E-state index in [9.17, 15) is 9.59 Å². The highest BCUT2D eigenvalue weighted by Crippen LogP contribution is 2.30. The summed E-state index contributed by atoms with van der Waals surface area (Å²) in [6.45, 7) is 0.417. The number of amides is 1. The molecule has 0 unspecified atom stereocenters. The van der Waals surface area contributed by atoms with Crippen molar-refractivity contribution in [1.29, 1.82) is 0 Å². The van der Waals surface area contributed by atoms with E-state index in [1.807, 2.05) is 24.3 Å². The van der Waals surface area contributed by atoms with Crippen LogP contribution in [0.4, 0.5) is 0 Å². The fourth-order valence-corrected chi connectivity index (χ4v) is 2.53. The van der Waals surface area contributed by atoms with E-state index >= 15 is 0 Å². The van der Waals surface area contributed by atoms with Gasteiger partial charge in [0.2, 0.25) is 5.91 Å². The van der Waals surface area contributed by atoms with E-state index in [2.05, 4.69) is 10.3 Å². The highest BCUT2D eigenvalue weighted by atomic mass is 16.5. The van der Waals surface area contributed by atoms with E-state index in [1.165, 1.54) is 10.9 Å². The average molecular weight is 330 g/mol. The SMILES string of the molecule is COc1ccccc1CN(C(=O)Cn1cc(C(=O)O)nn1)C1CC1. The van der Waals surface area contributed by atoms with Gasteiger partial charge in [0.25, 0.3) is 0 Å². The van der Waals surface area contributed by atoms with Gasteiger partial charge < -0.3 is 14.7 Å². The second-order valence-corrected chi connectivity index (χ2v) is 5.67. The van der Waals surface area contributed by atoms with Crippen LogP contribution in [0.15, 0.2) is 30.5 Å². The van der Waals surface area contributed by atoms with Crippen molar-refractivity contribution in [3.05, 3.63) is 41.7 Å². The number of ether oxygens (including phenoxy) is 1. The number of methoxy groups -OCH3 is 1. The van der Waals surface area contributed by atoms with E-state index in [-0.39, 0.29) is 24.2 Å². The Morgan fingerprint density at radius 3 is 2.75 bits per heavy atom.